The second kappa shape index (κ2) is 5.01. The predicted molar refractivity (Wildman–Crippen MR) is 73.1 cm³/mol. The molecule has 0 radical (unpaired) electrons. The maximum Gasteiger partial charge on any atom is 0.262 e. The van der Waals surface area contributed by atoms with Gasteiger partial charge in [-0.3, -0.25) is 4.72 Å². The summed E-state index contributed by atoms with van der Waals surface area (Å²) in [6.45, 7) is 3.51. The number of hydrogen-bond acceptors (Lipinski definition) is 2. The zero-order valence-electron chi connectivity index (χ0n) is 10.6. The van der Waals surface area contributed by atoms with Crippen LogP contribution in [0.5, 0.6) is 0 Å². The average Bonchev–Trinajstić information content (AvgIpc) is 2.35. The number of rotatable bonds is 3. The quantitative estimate of drug-likeness (QED) is 0.937. The Morgan fingerprint density at radius 3 is 2.42 bits per heavy atom. The standard InChI is InChI=1S/C14H14FNO2S/c1-10-7-8-11(2)14(9-10)19(17,18)16-13-6-4-3-5-12(13)15/h3-9,16H,1-2H3. The molecule has 5 heteroatoms. The van der Waals surface area contributed by atoms with Gasteiger partial charge in [-0.05, 0) is 43.2 Å². The van der Waals surface area contributed by atoms with Crippen LogP contribution in [0, 0.1) is 19.7 Å². The molecule has 1 N–H and O–H groups in total. The molecule has 0 aliphatic heterocycles. The van der Waals surface area contributed by atoms with E-state index < -0.39 is 15.8 Å². The summed E-state index contributed by atoms with van der Waals surface area (Å²) in [5.41, 5.74) is 1.40. The summed E-state index contributed by atoms with van der Waals surface area (Å²) in [6.07, 6.45) is 0. The third kappa shape index (κ3) is 2.93. The number of benzene rings is 2. The molecule has 0 unspecified atom stereocenters. The number of aryl methyl sites for hydroxylation is 2. The summed E-state index contributed by atoms with van der Waals surface area (Å²) in [5.74, 6) is -0.601. The molecule has 0 fully saturated rings. The van der Waals surface area contributed by atoms with E-state index in [2.05, 4.69) is 4.72 Å². The van der Waals surface area contributed by atoms with Crippen LogP contribution in [-0.2, 0) is 10.0 Å². The molecule has 2 aromatic rings. The molecule has 0 atom stereocenters. The molecular formula is C14H14FNO2S. The lowest BCUT2D eigenvalue weighted by Crippen LogP contribution is -2.15. The summed E-state index contributed by atoms with van der Waals surface area (Å²) >= 11 is 0. The molecule has 19 heavy (non-hydrogen) atoms. The van der Waals surface area contributed by atoms with Gasteiger partial charge in [0.1, 0.15) is 5.82 Å². The highest BCUT2D eigenvalue weighted by atomic mass is 32.2. The van der Waals surface area contributed by atoms with Gasteiger partial charge in [-0.1, -0.05) is 24.3 Å². The molecule has 0 saturated heterocycles. The largest absolute Gasteiger partial charge is 0.277 e. The fourth-order valence-corrected chi connectivity index (χ4v) is 3.14. The Hall–Kier alpha value is -1.88. The van der Waals surface area contributed by atoms with E-state index >= 15 is 0 Å². The minimum absolute atomic E-state index is 0.0524. The van der Waals surface area contributed by atoms with Crippen LogP contribution in [0.15, 0.2) is 47.4 Å². The van der Waals surface area contributed by atoms with Crippen LogP contribution in [-0.4, -0.2) is 8.42 Å². The van der Waals surface area contributed by atoms with Gasteiger partial charge in [-0.15, -0.1) is 0 Å². The van der Waals surface area contributed by atoms with Crippen molar-refractivity contribution in [2.75, 3.05) is 4.72 Å². The maximum atomic E-state index is 13.5. The molecule has 3 nitrogen and oxygen atoms in total. The van der Waals surface area contributed by atoms with Crippen LogP contribution in [0.2, 0.25) is 0 Å². The lowest BCUT2D eigenvalue weighted by Gasteiger charge is -2.11. The van der Waals surface area contributed by atoms with Crippen molar-refractivity contribution in [1.29, 1.82) is 0 Å². The van der Waals surface area contributed by atoms with Crippen molar-refractivity contribution in [3.63, 3.8) is 0 Å². The van der Waals surface area contributed by atoms with Gasteiger partial charge in [0.2, 0.25) is 0 Å². The van der Waals surface area contributed by atoms with Crippen molar-refractivity contribution in [2.24, 2.45) is 0 Å². The van der Waals surface area contributed by atoms with Crippen LogP contribution in [0.25, 0.3) is 0 Å². The lowest BCUT2D eigenvalue weighted by atomic mass is 10.2. The van der Waals surface area contributed by atoms with Crippen molar-refractivity contribution < 1.29 is 12.8 Å². The number of hydrogen-bond donors (Lipinski definition) is 1. The first-order valence-corrected chi connectivity index (χ1v) is 7.23. The summed E-state index contributed by atoms with van der Waals surface area (Å²) in [5, 5.41) is 0. The van der Waals surface area contributed by atoms with Crippen LogP contribution in [0.4, 0.5) is 10.1 Å². The molecular weight excluding hydrogens is 265 g/mol. The van der Waals surface area contributed by atoms with E-state index in [0.29, 0.717) is 5.56 Å². The first-order chi connectivity index (χ1) is 8.90. The van der Waals surface area contributed by atoms with Crippen LogP contribution in [0.3, 0.4) is 0 Å². The van der Waals surface area contributed by atoms with Crippen LogP contribution in [0.1, 0.15) is 11.1 Å². The number of para-hydroxylation sites is 1. The zero-order valence-corrected chi connectivity index (χ0v) is 11.5. The highest BCUT2D eigenvalue weighted by molar-refractivity contribution is 7.92. The summed E-state index contributed by atoms with van der Waals surface area (Å²) < 4.78 is 40.3. The maximum absolute atomic E-state index is 13.5. The van der Waals surface area contributed by atoms with E-state index in [-0.39, 0.29) is 10.6 Å². The molecule has 0 amide bonds. The fourth-order valence-electron chi connectivity index (χ4n) is 1.74. The van der Waals surface area contributed by atoms with E-state index in [4.69, 9.17) is 0 Å². The molecule has 0 saturated carbocycles. The monoisotopic (exact) mass is 279 g/mol. The number of halogens is 1. The Kier molecular flexibility index (Phi) is 3.57. The smallest absolute Gasteiger partial charge is 0.262 e. The molecule has 100 valence electrons. The minimum atomic E-state index is -3.78. The van der Waals surface area contributed by atoms with Gasteiger partial charge in [0, 0.05) is 0 Å². The van der Waals surface area contributed by atoms with Gasteiger partial charge in [0.25, 0.3) is 10.0 Å². The average molecular weight is 279 g/mol. The Morgan fingerprint density at radius 1 is 1.05 bits per heavy atom. The molecule has 0 aliphatic rings. The molecule has 0 spiro atoms. The fraction of sp³-hybridized carbons (Fsp3) is 0.143. The second-order valence-electron chi connectivity index (χ2n) is 4.35. The van der Waals surface area contributed by atoms with Gasteiger partial charge in [-0.25, -0.2) is 12.8 Å². The Bertz CT molecular complexity index is 711. The molecule has 2 rings (SSSR count). The SMILES string of the molecule is Cc1ccc(C)c(S(=O)(=O)Nc2ccccc2F)c1. The van der Waals surface area contributed by atoms with Gasteiger partial charge in [0.05, 0.1) is 10.6 Å². The van der Waals surface area contributed by atoms with Crippen molar-refractivity contribution in [1.82, 2.24) is 0 Å². The molecule has 0 aliphatic carbocycles. The normalized spacial score (nSPS) is 11.3. The number of sulfonamides is 1. The number of anilines is 1. The lowest BCUT2D eigenvalue weighted by molar-refractivity contribution is 0.598. The Labute approximate surface area is 112 Å². The summed E-state index contributed by atoms with van der Waals surface area (Å²) in [4.78, 5) is 0.163. The van der Waals surface area contributed by atoms with Crippen molar-refractivity contribution in [2.45, 2.75) is 18.7 Å². The predicted octanol–water partition coefficient (Wildman–Crippen LogP) is 3.24. The minimum Gasteiger partial charge on any atom is -0.277 e. The molecule has 0 aromatic heterocycles. The first-order valence-electron chi connectivity index (χ1n) is 5.75. The van der Waals surface area contributed by atoms with E-state index in [1.165, 1.54) is 18.2 Å². The molecule has 0 bridgehead atoms. The van der Waals surface area contributed by atoms with Gasteiger partial charge >= 0.3 is 0 Å². The van der Waals surface area contributed by atoms with Gasteiger partial charge in [-0.2, -0.15) is 0 Å². The van der Waals surface area contributed by atoms with Gasteiger partial charge < -0.3 is 0 Å². The second-order valence-corrected chi connectivity index (χ2v) is 6.01. The van der Waals surface area contributed by atoms with Gasteiger partial charge in [0.15, 0.2) is 0 Å². The van der Waals surface area contributed by atoms with Crippen molar-refractivity contribution in [3.05, 3.63) is 59.4 Å². The summed E-state index contributed by atoms with van der Waals surface area (Å²) in [6, 6.07) is 10.8. The van der Waals surface area contributed by atoms with E-state index in [9.17, 15) is 12.8 Å². The zero-order chi connectivity index (χ0) is 14.0. The number of nitrogens with one attached hydrogen (secondary N) is 1. The van der Waals surface area contributed by atoms with Crippen molar-refractivity contribution in [3.8, 4) is 0 Å². The Balaban J connectivity index is 2.44. The molecule has 0 heterocycles. The van der Waals surface area contributed by atoms with E-state index in [1.54, 1.807) is 25.1 Å². The highest BCUT2D eigenvalue weighted by Crippen LogP contribution is 2.22. The third-order valence-corrected chi connectivity index (χ3v) is 4.26. The molecule has 2 aromatic carbocycles. The van der Waals surface area contributed by atoms with E-state index in [1.807, 2.05) is 13.0 Å². The summed E-state index contributed by atoms with van der Waals surface area (Å²) in [7, 11) is -3.78. The van der Waals surface area contributed by atoms with Crippen LogP contribution < -0.4 is 4.72 Å². The topological polar surface area (TPSA) is 46.2 Å². The van der Waals surface area contributed by atoms with E-state index in [0.717, 1.165) is 5.56 Å². The Morgan fingerprint density at radius 2 is 1.74 bits per heavy atom. The third-order valence-electron chi connectivity index (χ3n) is 2.75. The first kappa shape index (κ1) is 13.5. The van der Waals surface area contributed by atoms with Crippen molar-refractivity contribution >= 4 is 15.7 Å². The van der Waals surface area contributed by atoms with Crippen LogP contribution >= 0.6 is 0 Å². The highest BCUT2D eigenvalue weighted by Gasteiger charge is 2.18.